The average Bonchev–Trinajstić information content (AvgIpc) is 2.48. The van der Waals surface area contributed by atoms with Gasteiger partial charge < -0.3 is 5.09 Å². The second-order valence-electron chi connectivity index (χ2n) is 5.35. The van der Waals surface area contributed by atoms with Crippen LogP contribution < -0.4 is 5.09 Å². The first-order valence-electron chi connectivity index (χ1n) is 7.00. The first-order valence-corrected chi connectivity index (χ1v) is 9.45. The van der Waals surface area contributed by atoms with Gasteiger partial charge in [0.1, 0.15) is 0 Å². The number of aryl methyl sites for hydroxylation is 1. The number of rotatable bonds is 5. The molecule has 2 unspecified atom stereocenters. The van der Waals surface area contributed by atoms with Gasteiger partial charge in [-0.15, -0.1) is 0 Å². The lowest BCUT2D eigenvalue weighted by Gasteiger charge is -2.26. The third kappa shape index (κ3) is 5.00. The van der Waals surface area contributed by atoms with E-state index in [0.717, 1.165) is 6.66 Å². The van der Waals surface area contributed by atoms with Gasteiger partial charge in [-0.3, -0.25) is 9.09 Å². The predicted octanol–water partition coefficient (Wildman–Crippen LogP) is 6.20. The van der Waals surface area contributed by atoms with E-state index in [-0.39, 0.29) is 5.56 Å². The van der Waals surface area contributed by atoms with Gasteiger partial charge in [0.25, 0.3) is 7.52 Å². The second-order valence-corrected chi connectivity index (χ2v) is 7.92. The molecule has 130 valence electrons. The van der Waals surface area contributed by atoms with E-state index in [2.05, 4.69) is 5.09 Å². The molecule has 24 heavy (non-hydrogen) atoms. The van der Waals surface area contributed by atoms with Gasteiger partial charge in [0, 0.05) is 17.4 Å². The Hall–Kier alpha value is -1.49. The fourth-order valence-corrected chi connectivity index (χ4v) is 3.65. The first kappa shape index (κ1) is 18.8. The summed E-state index contributed by atoms with van der Waals surface area (Å²) < 4.78 is 57.5. The highest BCUT2D eigenvalue weighted by atomic mass is 35.5. The van der Waals surface area contributed by atoms with Crippen molar-refractivity contribution in [2.24, 2.45) is 0 Å². The summed E-state index contributed by atoms with van der Waals surface area (Å²) in [5.74, 6) is 0. The molecule has 0 saturated heterocycles. The van der Waals surface area contributed by atoms with Gasteiger partial charge in [0.15, 0.2) is 6.10 Å². The van der Waals surface area contributed by atoms with Crippen molar-refractivity contribution in [3.63, 3.8) is 0 Å². The van der Waals surface area contributed by atoms with Gasteiger partial charge in [0.05, 0.1) is 0 Å². The number of hydrogen-bond acceptors (Lipinski definition) is 2. The van der Waals surface area contributed by atoms with Crippen LogP contribution in [0.2, 0.25) is 5.02 Å². The molecule has 0 spiro atoms. The quantitative estimate of drug-likeness (QED) is 0.630. The van der Waals surface area contributed by atoms with Crippen LogP contribution in [0.5, 0.6) is 0 Å². The Balaban J connectivity index is 2.27. The maximum Gasteiger partial charge on any atom is 0.419 e. The molecule has 8 heteroatoms. The summed E-state index contributed by atoms with van der Waals surface area (Å²) in [4.78, 5) is 0. The molecule has 0 heterocycles. The summed E-state index contributed by atoms with van der Waals surface area (Å²) in [6.45, 7) is 2.83. The van der Waals surface area contributed by atoms with Crippen molar-refractivity contribution in [3.8, 4) is 0 Å². The minimum Gasteiger partial charge on any atom is -0.315 e. The van der Waals surface area contributed by atoms with Crippen molar-refractivity contribution in [2.45, 2.75) is 19.2 Å². The van der Waals surface area contributed by atoms with E-state index in [0.29, 0.717) is 16.3 Å². The van der Waals surface area contributed by atoms with Gasteiger partial charge in [-0.1, -0.05) is 48.0 Å². The summed E-state index contributed by atoms with van der Waals surface area (Å²) >= 11 is 5.87. The maximum absolute atomic E-state index is 13.3. The van der Waals surface area contributed by atoms with Crippen LogP contribution in [-0.4, -0.2) is 12.8 Å². The predicted molar refractivity (Wildman–Crippen MR) is 89.7 cm³/mol. The molecule has 2 aromatic carbocycles. The standard InChI is InChI=1S/C16H16ClF3NO2P/c1-11-8-9-13(17)10-14(11)21-24(2,22)23-15(16(18,19)20)12-6-4-3-5-7-12/h3-10,15H,1-2H3,(H,21,22). The number of alkyl halides is 3. The molecule has 0 aliphatic rings. The number of hydrogen-bond donors (Lipinski definition) is 1. The third-order valence-electron chi connectivity index (χ3n) is 3.23. The van der Waals surface area contributed by atoms with Gasteiger partial charge in [-0.05, 0) is 30.2 Å². The Morgan fingerprint density at radius 1 is 1.17 bits per heavy atom. The van der Waals surface area contributed by atoms with Crippen LogP contribution in [0.15, 0.2) is 48.5 Å². The smallest absolute Gasteiger partial charge is 0.315 e. The topological polar surface area (TPSA) is 38.3 Å². The maximum atomic E-state index is 13.3. The molecule has 3 nitrogen and oxygen atoms in total. The van der Waals surface area contributed by atoms with E-state index in [1.54, 1.807) is 25.1 Å². The van der Waals surface area contributed by atoms with E-state index < -0.39 is 19.8 Å². The zero-order valence-electron chi connectivity index (χ0n) is 13.0. The monoisotopic (exact) mass is 377 g/mol. The van der Waals surface area contributed by atoms with Crippen molar-refractivity contribution < 1.29 is 22.3 Å². The van der Waals surface area contributed by atoms with Gasteiger partial charge in [-0.2, -0.15) is 13.2 Å². The highest BCUT2D eigenvalue weighted by molar-refractivity contribution is 7.59. The Labute approximate surface area is 143 Å². The Morgan fingerprint density at radius 3 is 2.38 bits per heavy atom. The highest BCUT2D eigenvalue weighted by Crippen LogP contribution is 2.52. The fraction of sp³-hybridized carbons (Fsp3) is 0.250. The van der Waals surface area contributed by atoms with Crippen LogP contribution >= 0.6 is 19.1 Å². The Morgan fingerprint density at radius 2 is 1.79 bits per heavy atom. The van der Waals surface area contributed by atoms with Crippen LogP contribution in [0, 0.1) is 6.92 Å². The van der Waals surface area contributed by atoms with Gasteiger partial charge >= 0.3 is 6.18 Å². The Bertz CT molecular complexity index is 753. The summed E-state index contributed by atoms with van der Waals surface area (Å²) in [5.41, 5.74) is 0.937. The minimum absolute atomic E-state index is 0.114. The van der Waals surface area contributed by atoms with Gasteiger partial charge in [-0.25, -0.2) is 0 Å². The fourth-order valence-electron chi connectivity index (χ4n) is 2.10. The molecule has 0 aromatic heterocycles. The molecule has 0 aliphatic carbocycles. The molecule has 1 N–H and O–H groups in total. The number of anilines is 1. The molecule has 0 radical (unpaired) electrons. The minimum atomic E-state index is -4.70. The van der Waals surface area contributed by atoms with Crippen molar-refractivity contribution in [1.82, 2.24) is 0 Å². The normalized spacial score (nSPS) is 15.6. The zero-order valence-corrected chi connectivity index (χ0v) is 14.6. The molecule has 0 bridgehead atoms. The largest absolute Gasteiger partial charge is 0.419 e. The summed E-state index contributed by atoms with van der Waals surface area (Å²) in [7, 11) is -3.81. The van der Waals surface area contributed by atoms with Crippen LogP contribution in [-0.2, 0) is 9.09 Å². The lowest BCUT2D eigenvalue weighted by Crippen LogP contribution is -2.23. The molecule has 0 saturated carbocycles. The highest BCUT2D eigenvalue weighted by Gasteiger charge is 2.45. The van der Waals surface area contributed by atoms with Crippen LogP contribution in [0.3, 0.4) is 0 Å². The lowest BCUT2D eigenvalue weighted by molar-refractivity contribution is -0.197. The Kier molecular flexibility index (Phi) is 5.63. The molecule has 0 fully saturated rings. The molecule has 0 amide bonds. The van der Waals surface area contributed by atoms with E-state index in [9.17, 15) is 17.7 Å². The molecule has 0 aliphatic heterocycles. The van der Waals surface area contributed by atoms with E-state index >= 15 is 0 Å². The molecule has 2 aromatic rings. The van der Waals surface area contributed by atoms with Gasteiger partial charge in [0.2, 0.25) is 0 Å². The summed E-state index contributed by atoms with van der Waals surface area (Å²) in [6, 6.07) is 11.9. The number of halogens is 4. The van der Waals surface area contributed by atoms with Crippen LogP contribution in [0.1, 0.15) is 17.2 Å². The zero-order chi connectivity index (χ0) is 18.0. The molecule has 2 rings (SSSR count). The van der Waals surface area contributed by atoms with Crippen molar-refractivity contribution in [3.05, 3.63) is 64.7 Å². The van der Waals surface area contributed by atoms with Crippen LogP contribution in [0.25, 0.3) is 0 Å². The summed E-state index contributed by atoms with van der Waals surface area (Å²) in [5, 5.41) is 2.92. The lowest BCUT2D eigenvalue weighted by atomic mass is 10.1. The molecule has 2 atom stereocenters. The first-order chi connectivity index (χ1) is 11.1. The van der Waals surface area contributed by atoms with Crippen molar-refractivity contribution in [2.75, 3.05) is 11.8 Å². The van der Waals surface area contributed by atoms with E-state index in [1.165, 1.54) is 30.3 Å². The van der Waals surface area contributed by atoms with Crippen molar-refractivity contribution >= 4 is 24.8 Å². The van der Waals surface area contributed by atoms with E-state index in [1.807, 2.05) is 0 Å². The number of benzene rings is 2. The molecular weight excluding hydrogens is 362 g/mol. The second kappa shape index (κ2) is 7.18. The third-order valence-corrected chi connectivity index (χ3v) is 4.72. The van der Waals surface area contributed by atoms with Crippen molar-refractivity contribution in [1.29, 1.82) is 0 Å². The molecular formula is C16H16ClF3NO2P. The van der Waals surface area contributed by atoms with Crippen LogP contribution in [0.4, 0.5) is 18.9 Å². The summed E-state index contributed by atoms with van der Waals surface area (Å²) in [6.07, 6.45) is -6.99. The van der Waals surface area contributed by atoms with E-state index in [4.69, 9.17) is 16.1 Å². The number of nitrogens with one attached hydrogen (secondary N) is 1. The SMILES string of the molecule is Cc1ccc(Cl)cc1NP(C)(=O)OC(c1ccccc1)C(F)(F)F. The average molecular weight is 378 g/mol.